The summed E-state index contributed by atoms with van der Waals surface area (Å²) >= 11 is 4.61. The van der Waals surface area contributed by atoms with Gasteiger partial charge in [0.25, 0.3) is 5.56 Å². The third kappa shape index (κ3) is 8.74. The molecule has 4 rings (SSSR count). The zero-order valence-corrected chi connectivity index (χ0v) is 25.7. The van der Waals surface area contributed by atoms with Crippen molar-refractivity contribution in [1.82, 2.24) is 19.5 Å². The molecular weight excluding hydrogens is 637 g/mol. The molecule has 0 radical (unpaired) electrons. The van der Waals surface area contributed by atoms with Crippen molar-refractivity contribution in [2.45, 2.75) is 13.2 Å². The minimum Gasteiger partial charge on any atom is -0.493 e. The summed E-state index contributed by atoms with van der Waals surface area (Å²) in [5.41, 5.74) is 7.35. The average Bonchev–Trinajstić information content (AvgIpc) is 3.38. The maximum atomic E-state index is 12.7. The second-order valence-corrected chi connectivity index (χ2v) is 11.8. The molecule has 0 bridgehead atoms. The maximum absolute atomic E-state index is 12.7. The van der Waals surface area contributed by atoms with Crippen molar-refractivity contribution in [3.8, 4) is 11.5 Å². The molecule has 0 aliphatic rings. The highest BCUT2D eigenvalue weighted by molar-refractivity contribution is 9.10. The number of hydrogen-bond acceptors (Lipinski definition) is 11. The number of nitrogens with one attached hydrogen (secondary N) is 1. The Balaban J connectivity index is 1.29. The summed E-state index contributed by atoms with van der Waals surface area (Å²) in [6.45, 7) is 1.32. The molecule has 3 N–H and O–H groups in total. The Hall–Kier alpha value is -3.00. The van der Waals surface area contributed by atoms with Gasteiger partial charge in [-0.05, 0) is 35.9 Å². The van der Waals surface area contributed by atoms with Crippen LogP contribution in [0, 0.1) is 0 Å². The molecule has 0 amide bonds. The number of ether oxygens (including phenoxy) is 3. The molecular formula is C26H29BrN5O7PS. The molecule has 0 saturated carbocycles. The third-order valence-electron chi connectivity index (χ3n) is 5.60. The van der Waals surface area contributed by atoms with Crippen LogP contribution in [0.1, 0.15) is 15.9 Å². The summed E-state index contributed by atoms with van der Waals surface area (Å²) in [7, 11) is 1.65. The first-order chi connectivity index (χ1) is 19.9. The molecule has 0 aliphatic heterocycles. The van der Waals surface area contributed by atoms with E-state index in [1.807, 2.05) is 24.3 Å². The number of thioether (sulfide) groups is 1. The first-order valence-electron chi connectivity index (χ1n) is 12.3. The number of methoxy groups -OCH3 is 2. The number of hydrogen-bond donors (Lipinski definition) is 2. The lowest BCUT2D eigenvalue weighted by Crippen LogP contribution is -2.13. The molecule has 0 saturated heterocycles. The topological polar surface area (TPSA) is 153 Å². The standard InChI is InChI=1S/C26H29BrN5O7PS/c1-35-20-7-6-18(13-21(20)36-2)25(34)41-11-10-38-40(39-14-17-4-3-5-19(27)12-17)16-37-9-8-32-15-29-22-23(32)30-26(28)31-24(22)33/h3-7,12-13,15H,8-11,14,16H2,1-2H3,(H3,28,30,31,33). The highest BCUT2D eigenvalue weighted by atomic mass is 79.9. The van der Waals surface area contributed by atoms with Crippen LogP contribution in [0.25, 0.3) is 11.2 Å². The fourth-order valence-corrected chi connectivity index (χ4v) is 5.95. The lowest BCUT2D eigenvalue weighted by Gasteiger charge is -2.18. The summed E-state index contributed by atoms with van der Waals surface area (Å²) in [5.74, 6) is 1.49. The van der Waals surface area contributed by atoms with Crippen LogP contribution in [0.3, 0.4) is 0 Å². The highest BCUT2D eigenvalue weighted by Crippen LogP contribution is 2.40. The van der Waals surface area contributed by atoms with Crippen LogP contribution in [0.2, 0.25) is 0 Å². The van der Waals surface area contributed by atoms with Crippen molar-refractivity contribution in [3.63, 3.8) is 0 Å². The van der Waals surface area contributed by atoms with Crippen LogP contribution in [-0.2, 0) is 26.9 Å². The number of fused-ring (bicyclic) bond motifs is 1. The fourth-order valence-electron chi connectivity index (χ4n) is 3.64. The molecule has 4 aromatic rings. The van der Waals surface area contributed by atoms with Crippen molar-refractivity contribution in [3.05, 3.63) is 74.7 Å². The number of halogens is 1. The molecule has 41 heavy (non-hydrogen) atoms. The van der Waals surface area contributed by atoms with E-state index in [0.717, 1.165) is 21.8 Å². The van der Waals surface area contributed by atoms with Crippen molar-refractivity contribution < 1.29 is 28.1 Å². The molecule has 0 spiro atoms. The minimum atomic E-state index is -1.42. The second kappa shape index (κ2) is 15.3. The van der Waals surface area contributed by atoms with Gasteiger partial charge in [0.15, 0.2) is 31.0 Å². The van der Waals surface area contributed by atoms with Crippen LogP contribution in [0.4, 0.5) is 5.95 Å². The number of nitrogens with zero attached hydrogens (tertiary/aromatic N) is 3. The van der Waals surface area contributed by atoms with E-state index >= 15 is 0 Å². The number of anilines is 1. The summed E-state index contributed by atoms with van der Waals surface area (Å²) in [6, 6.07) is 12.8. The molecule has 1 unspecified atom stereocenters. The first-order valence-corrected chi connectivity index (χ1v) is 15.5. The molecule has 2 aromatic heterocycles. The number of aromatic amines is 1. The van der Waals surface area contributed by atoms with Crippen molar-refractivity contribution in [1.29, 1.82) is 0 Å². The predicted molar refractivity (Wildman–Crippen MR) is 162 cm³/mol. The first kappa shape index (κ1) is 30.9. The van der Waals surface area contributed by atoms with Gasteiger partial charge in [0.2, 0.25) is 11.1 Å². The van der Waals surface area contributed by atoms with Crippen LogP contribution in [-0.4, -0.2) is 64.2 Å². The van der Waals surface area contributed by atoms with Gasteiger partial charge in [0.1, 0.15) is 6.35 Å². The number of H-pyrrole nitrogens is 1. The van der Waals surface area contributed by atoms with Gasteiger partial charge in [0, 0.05) is 22.3 Å². The summed E-state index contributed by atoms with van der Waals surface area (Å²) in [6.07, 6.45) is 1.73. The molecule has 12 nitrogen and oxygen atoms in total. The Morgan fingerprint density at radius 3 is 2.73 bits per heavy atom. The van der Waals surface area contributed by atoms with E-state index in [1.54, 1.807) is 29.9 Å². The summed E-state index contributed by atoms with van der Waals surface area (Å²) in [5, 5.41) is -0.106. The molecule has 2 heterocycles. The van der Waals surface area contributed by atoms with E-state index < -0.39 is 13.9 Å². The predicted octanol–water partition coefficient (Wildman–Crippen LogP) is 4.57. The van der Waals surface area contributed by atoms with Crippen LogP contribution in [0.5, 0.6) is 11.5 Å². The van der Waals surface area contributed by atoms with E-state index in [9.17, 15) is 9.59 Å². The van der Waals surface area contributed by atoms with Crippen LogP contribution >= 0.6 is 36.1 Å². The maximum Gasteiger partial charge on any atom is 0.280 e. The number of carbonyl (C=O) groups is 1. The Morgan fingerprint density at radius 1 is 1.12 bits per heavy atom. The van der Waals surface area contributed by atoms with Gasteiger partial charge in [-0.25, -0.2) is 4.98 Å². The number of imidazole rings is 1. The quantitative estimate of drug-likeness (QED) is 0.136. The number of benzene rings is 2. The third-order valence-corrected chi connectivity index (χ3v) is 8.24. The Kier molecular flexibility index (Phi) is 11.5. The van der Waals surface area contributed by atoms with Gasteiger partial charge in [-0.1, -0.05) is 39.8 Å². The lowest BCUT2D eigenvalue weighted by molar-refractivity contribution is 0.108. The smallest absolute Gasteiger partial charge is 0.280 e. The van der Waals surface area contributed by atoms with Gasteiger partial charge in [-0.15, -0.1) is 0 Å². The second-order valence-electron chi connectivity index (χ2n) is 8.37. The minimum absolute atomic E-state index is 0.0190. The average molecular weight is 666 g/mol. The van der Waals surface area contributed by atoms with E-state index in [-0.39, 0.29) is 29.5 Å². The lowest BCUT2D eigenvalue weighted by atomic mass is 10.2. The van der Waals surface area contributed by atoms with E-state index in [0.29, 0.717) is 48.2 Å². The monoisotopic (exact) mass is 665 g/mol. The van der Waals surface area contributed by atoms with E-state index in [2.05, 4.69) is 30.9 Å². The highest BCUT2D eigenvalue weighted by Gasteiger charge is 2.15. The molecule has 2 aromatic carbocycles. The molecule has 15 heteroatoms. The van der Waals surface area contributed by atoms with E-state index in [1.165, 1.54) is 13.4 Å². The van der Waals surface area contributed by atoms with Crippen LogP contribution in [0.15, 0.2) is 58.1 Å². The Morgan fingerprint density at radius 2 is 1.95 bits per heavy atom. The Labute approximate surface area is 249 Å². The SMILES string of the molecule is COc1ccc(C(=O)SCCOP(COCCn2cnc3c(=O)[nH]c(N)nc32)OCc2cccc(Br)c2)cc1OC. The number of nitrogen functional groups attached to an aromatic ring is 1. The normalized spacial score (nSPS) is 12.0. The molecule has 1 atom stereocenters. The molecule has 0 aliphatic carbocycles. The number of nitrogens with two attached hydrogens (primary N) is 1. The van der Waals surface area contributed by atoms with Crippen molar-refractivity contribution >= 4 is 58.3 Å². The number of carbonyl (C=O) groups excluding carboxylic acids is 1. The summed E-state index contributed by atoms with van der Waals surface area (Å²) in [4.78, 5) is 35.4. The Bertz CT molecular complexity index is 1540. The number of aromatic nitrogens is 4. The zero-order chi connectivity index (χ0) is 29.2. The van der Waals surface area contributed by atoms with Gasteiger partial charge in [-0.3, -0.25) is 14.6 Å². The molecule has 218 valence electrons. The van der Waals surface area contributed by atoms with Crippen molar-refractivity contribution in [2.75, 3.05) is 45.3 Å². The molecule has 0 fully saturated rings. The van der Waals surface area contributed by atoms with Crippen LogP contribution < -0.4 is 20.8 Å². The fraction of sp³-hybridized carbons (Fsp3) is 0.308. The zero-order valence-electron chi connectivity index (χ0n) is 22.4. The van der Waals surface area contributed by atoms with Crippen molar-refractivity contribution in [2.24, 2.45) is 0 Å². The largest absolute Gasteiger partial charge is 0.493 e. The van der Waals surface area contributed by atoms with E-state index in [4.69, 9.17) is 29.0 Å². The summed E-state index contributed by atoms with van der Waals surface area (Å²) < 4.78 is 31.1. The van der Waals surface area contributed by atoms with Gasteiger partial charge in [-0.2, -0.15) is 4.98 Å². The van der Waals surface area contributed by atoms with Gasteiger partial charge in [0.05, 0.1) is 40.4 Å². The number of rotatable bonds is 15. The van der Waals surface area contributed by atoms with Gasteiger partial charge >= 0.3 is 0 Å². The van der Waals surface area contributed by atoms with Gasteiger partial charge < -0.3 is 33.6 Å².